The Labute approximate surface area is 98.6 Å². The molecule has 0 radical (unpaired) electrons. The summed E-state index contributed by atoms with van der Waals surface area (Å²) in [5.41, 5.74) is 6.78. The van der Waals surface area contributed by atoms with E-state index in [-0.39, 0.29) is 0 Å². The van der Waals surface area contributed by atoms with Gasteiger partial charge >= 0.3 is 0 Å². The summed E-state index contributed by atoms with van der Waals surface area (Å²) in [7, 11) is 0. The van der Waals surface area contributed by atoms with Gasteiger partial charge in [0.15, 0.2) is 0 Å². The summed E-state index contributed by atoms with van der Waals surface area (Å²) >= 11 is 5.95. The molecule has 0 amide bonds. The highest BCUT2D eigenvalue weighted by molar-refractivity contribution is 6.31. The van der Waals surface area contributed by atoms with Crippen LogP contribution in [0.1, 0.15) is 31.0 Å². The van der Waals surface area contributed by atoms with Crippen molar-refractivity contribution in [2.75, 3.05) is 5.73 Å². The monoisotopic (exact) mass is 233 g/mol. The van der Waals surface area contributed by atoms with E-state index in [0.29, 0.717) is 16.8 Å². The van der Waals surface area contributed by atoms with Gasteiger partial charge in [-0.3, -0.25) is 0 Å². The summed E-state index contributed by atoms with van der Waals surface area (Å²) < 4.78 is 0. The molecule has 2 N–H and O–H groups in total. The van der Waals surface area contributed by atoms with Crippen molar-refractivity contribution in [1.82, 2.24) is 9.97 Å². The van der Waals surface area contributed by atoms with Gasteiger partial charge < -0.3 is 5.73 Å². The van der Waals surface area contributed by atoms with Gasteiger partial charge in [-0.05, 0) is 31.0 Å². The third kappa shape index (κ3) is 1.52. The molecule has 3 nitrogen and oxygen atoms in total. The van der Waals surface area contributed by atoms with Crippen LogP contribution in [0.25, 0.3) is 10.9 Å². The Morgan fingerprint density at radius 1 is 1.25 bits per heavy atom. The van der Waals surface area contributed by atoms with Crippen molar-refractivity contribution in [2.24, 2.45) is 0 Å². The van der Waals surface area contributed by atoms with E-state index in [1.165, 1.54) is 19.3 Å². The first-order valence-corrected chi connectivity index (χ1v) is 5.84. The van der Waals surface area contributed by atoms with Crippen LogP contribution in [0.4, 0.5) is 5.82 Å². The van der Waals surface area contributed by atoms with Crippen LogP contribution in [0, 0.1) is 0 Å². The first-order chi connectivity index (χ1) is 7.74. The van der Waals surface area contributed by atoms with E-state index in [4.69, 9.17) is 17.3 Å². The van der Waals surface area contributed by atoms with E-state index >= 15 is 0 Å². The lowest BCUT2D eigenvalue weighted by atomic mass is 9.85. The first kappa shape index (κ1) is 9.85. The van der Waals surface area contributed by atoms with Gasteiger partial charge in [-0.15, -0.1) is 0 Å². The Morgan fingerprint density at radius 3 is 2.75 bits per heavy atom. The van der Waals surface area contributed by atoms with Crippen molar-refractivity contribution in [3.05, 3.63) is 29.0 Å². The number of halogens is 1. The molecule has 1 aliphatic carbocycles. The minimum Gasteiger partial charge on any atom is -0.383 e. The highest BCUT2D eigenvalue weighted by atomic mass is 35.5. The number of nitrogens with zero attached hydrogens (tertiary/aromatic N) is 2. The highest BCUT2D eigenvalue weighted by Gasteiger charge is 2.23. The molecule has 0 bridgehead atoms. The molecule has 4 heteroatoms. The number of anilines is 1. The molecule has 1 saturated carbocycles. The number of aromatic nitrogens is 2. The van der Waals surface area contributed by atoms with Crippen molar-refractivity contribution < 1.29 is 0 Å². The molecule has 0 unspecified atom stereocenters. The van der Waals surface area contributed by atoms with Crippen LogP contribution in [0.5, 0.6) is 0 Å². The zero-order valence-electron chi connectivity index (χ0n) is 8.78. The summed E-state index contributed by atoms with van der Waals surface area (Å²) in [5.74, 6) is 1.92. The fraction of sp³-hybridized carbons (Fsp3) is 0.333. The molecule has 82 valence electrons. The van der Waals surface area contributed by atoms with E-state index in [1.807, 2.05) is 18.2 Å². The summed E-state index contributed by atoms with van der Waals surface area (Å²) in [6.45, 7) is 0. The molecule has 1 fully saturated rings. The number of rotatable bonds is 1. The predicted octanol–water partition coefficient (Wildman–Crippen LogP) is 3.13. The van der Waals surface area contributed by atoms with Gasteiger partial charge in [0.1, 0.15) is 11.6 Å². The zero-order chi connectivity index (χ0) is 11.1. The number of hydrogen-bond acceptors (Lipinski definition) is 3. The molecular formula is C12H12ClN3. The minimum absolute atomic E-state index is 0.491. The van der Waals surface area contributed by atoms with Crippen molar-refractivity contribution in [3.63, 3.8) is 0 Å². The highest BCUT2D eigenvalue weighted by Crippen LogP contribution is 2.35. The zero-order valence-corrected chi connectivity index (χ0v) is 9.54. The molecule has 1 aromatic carbocycles. The minimum atomic E-state index is 0.491. The molecule has 0 spiro atoms. The van der Waals surface area contributed by atoms with Gasteiger partial charge in [0.2, 0.25) is 0 Å². The topological polar surface area (TPSA) is 51.8 Å². The molecule has 2 aromatic rings. The van der Waals surface area contributed by atoms with Gasteiger partial charge in [0.25, 0.3) is 0 Å². The van der Waals surface area contributed by atoms with Gasteiger partial charge in [-0.1, -0.05) is 18.0 Å². The Balaban J connectivity index is 2.18. The van der Waals surface area contributed by atoms with Crippen molar-refractivity contribution >= 4 is 28.3 Å². The summed E-state index contributed by atoms with van der Waals surface area (Å²) in [5, 5.41) is 1.57. The van der Waals surface area contributed by atoms with Crippen LogP contribution in [0.3, 0.4) is 0 Å². The van der Waals surface area contributed by atoms with Crippen LogP contribution in [0.15, 0.2) is 18.2 Å². The molecular weight excluding hydrogens is 222 g/mol. The van der Waals surface area contributed by atoms with Crippen LogP contribution in [0.2, 0.25) is 5.02 Å². The van der Waals surface area contributed by atoms with Gasteiger partial charge in [-0.2, -0.15) is 0 Å². The summed E-state index contributed by atoms with van der Waals surface area (Å²) in [6, 6.07) is 5.53. The van der Waals surface area contributed by atoms with Gasteiger partial charge in [0.05, 0.1) is 5.52 Å². The van der Waals surface area contributed by atoms with Crippen LogP contribution >= 0.6 is 11.6 Å². The molecule has 0 atom stereocenters. The maximum atomic E-state index is 5.95. The molecule has 1 aromatic heterocycles. The van der Waals surface area contributed by atoms with Crippen molar-refractivity contribution in [1.29, 1.82) is 0 Å². The van der Waals surface area contributed by atoms with Crippen LogP contribution < -0.4 is 5.73 Å². The number of fused-ring (bicyclic) bond motifs is 1. The lowest BCUT2D eigenvalue weighted by Gasteiger charge is -2.24. The third-order valence-electron chi connectivity index (χ3n) is 3.18. The molecule has 0 aliphatic heterocycles. The van der Waals surface area contributed by atoms with Crippen molar-refractivity contribution in [2.45, 2.75) is 25.2 Å². The fourth-order valence-electron chi connectivity index (χ4n) is 1.99. The molecule has 3 rings (SSSR count). The summed E-state index contributed by atoms with van der Waals surface area (Å²) in [4.78, 5) is 8.92. The molecule has 1 heterocycles. The van der Waals surface area contributed by atoms with Crippen molar-refractivity contribution in [3.8, 4) is 0 Å². The molecule has 0 saturated heterocycles. The average Bonchev–Trinajstić information content (AvgIpc) is 2.13. The number of benzene rings is 1. The second kappa shape index (κ2) is 3.59. The summed E-state index contributed by atoms with van der Waals surface area (Å²) in [6.07, 6.45) is 3.61. The Bertz CT molecular complexity index is 549. The quantitative estimate of drug-likeness (QED) is 0.823. The number of nitrogens with two attached hydrogens (primary N) is 1. The second-order valence-electron chi connectivity index (χ2n) is 4.26. The van der Waals surface area contributed by atoms with E-state index in [2.05, 4.69) is 9.97 Å². The predicted molar refractivity (Wildman–Crippen MR) is 65.6 cm³/mol. The van der Waals surface area contributed by atoms with E-state index in [1.54, 1.807) is 0 Å². The Hall–Kier alpha value is -1.35. The first-order valence-electron chi connectivity index (χ1n) is 5.47. The normalized spacial score (nSPS) is 16.3. The number of nitrogen functional groups attached to an aromatic ring is 1. The maximum absolute atomic E-state index is 5.95. The average molecular weight is 234 g/mol. The molecule has 16 heavy (non-hydrogen) atoms. The second-order valence-corrected chi connectivity index (χ2v) is 4.69. The van der Waals surface area contributed by atoms with E-state index in [9.17, 15) is 0 Å². The van der Waals surface area contributed by atoms with Gasteiger partial charge in [0, 0.05) is 16.3 Å². The van der Waals surface area contributed by atoms with Crippen LogP contribution in [-0.2, 0) is 0 Å². The standard InChI is InChI=1S/C12H12ClN3/c13-8-4-5-9-10(6-8)15-12(16-11(9)14)7-2-1-3-7/h4-7H,1-3H2,(H2,14,15,16). The Morgan fingerprint density at radius 2 is 2.06 bits per heavy atom. The molecule has 1 aliphatic rings. The van der Waals surface area contributed by atoms with Crippen LogP contribution in [-0.4, -0.2) is 9.97 Å². The lowest BCUT2D eigenvalue weighted by Crippen LogP contribution is -2.13. The lowest BCUT2D eigenvalue weighted by molar-refractivity contribution is 0.403. The van der Waals surface area contributed by atoms with Gasteiger partial charge in [-0.25, -0.2) is 9.97 Å². The Kier molecular flexibility index (Phi) is 2.21. The third-order valence-corrected chi connectivity index (χ3v) is 3.41. The van der Waals surface area contributed by atoms with E-state index in [0.717, 1.165) is 16.7 Å². The SMILES string of the molecule is Nc1nc(C2CCC2)nc2cc(Cl)ccc12. The largest absolute Gasteiger partial charge is 0.383 e. The number of hydrogen-bond donors (Lipinski definition) is 1. The fourth-order valence-corrected chi connectivity index (χ4v) is 2.16. The maximum Gasteiger partial charge on any atom is 0.135 e. The van der Waals surface area contributed by atoms with E-state index < -0.39 is 0 Å². The smallest absolute Gasteiger partial charge is 0.135 e.